The van der Waals surface area contributed by atoms with Gasteiger partial charge in [-0.05, 0) is 74.3 Å². The summed E-state index contributed by atoms with van der Waals surface area (Å²) in [6.07, 6.45) is 6.18. The Morgan fingerprint density at radius 3 is 2.33 bits per heavy atom. The van der Waals surface area contributed by atoms with Crippen molar-refractivity contribution in [3.05, 3.63) is 35.6 Å². The molecule has 4 bridgehead atoms. The number of para-hydroxylation sites is 1. The van der Waals surface area contributed by atoms with Gasteiger partial charge >= 0.3 is 0 Å². The summed E-state index contributed by atoms with van der Waals surface area (Å²) < 4.78 is 6.18. The van der Waals surface area contributed by atoms with Crippen molar-refractivity contribution in [3.63, 3.8) is 0 Å². The zero-order chi connectivity index (χ0) is 14.2. The third kappa shape index (κ3) is 1.52. The van der Waals surface area contributed by atoms with E-state index in [2.05, 4.69) is 31.2 Å². The van der Waals surface area contributed by atoms with Gasteiger partial charge in [0.1, 0.15) is 16.9 Å². The molecule has 1 aromatic carbocycles. The smallest absolute Gasteiger partial charge is 0.137 e. The SMILES string of the molecule is Cc1cccc2cc(C3(O)C4CC5CC(C4)CC3C5)oc12. The highest BCUT2D eigenvalue weighted by molar-refractivity contribution is 5.81. The average molecular weight is 282 g/mol. The number of hydrogen-bond donors (Lipinski definition) is 1. The van der Waals surface area contributed by atoms with Crippen LogP contribution in [0.1, 0.15) is 43.4 Å². The molecule has 2 nitrogen and oxygen atoms in total. The number of benzene rings is 1. The van der Waals surface area contributed by atoms with Gasteiger partial charge in [0.2, 0.25) is 0 Å². The highest BCUT2D eigenvalue weighted by atomic mass is 16.4. The molecule has 2 aromatic rings. The molecule has 4 saturated carbocycles. The molecule has 1 N–H and O–H groups in total. The Labute approximate surface area is 125 Å². The van der Waals surface area contributed by atoms with Gasteiger partial charge in [0.05, 0.1) is 0 Å². The zero-order valence-electron chi connectivity index (χ0n) is 12.5. The number of fused-ring (bicyclic) bond motifs is 1. The van der Waals surface area contributed by atoms with Crippen molar-refractivity contribution in [3.8, 4) is 0 Å². The second-order valence-corrected chi connectivity index (χ2v) is 7.73. The predicted octanol–water partition coefficient (Wildman–Crippen LogP) is 4.38. The van der Waals surface area contributed by atoms with Crippen molar-refractivity contribution in [2.24, 2.45) is 23.7 Å². The quantitative estimate of drug-likeness (QED) is 0.841. The molecule has 0 unspecified atom stereocenters. The lowest BCUT2D eigenvalue weighted by molar-refractivity contribution is -0.188. The van der Waals surface area contributed by atoms with Crippen LogP contribution in [0.3, 0.4) is 0 Å². The third-order valence-electron chi connectivity index (χ3n) is 6.52. The van der Waals surface area contributed by atoms with Gasteiger partial charge in [-0.1, -0.05) is 18.2 Å². The molecule has 1 aromatic heterocycles. The summed E-state index contributed by atoms with van der Waals surface area (Å²) in [5, 5.41) is 12.7. The Morgan fingerprint density at radius 2 is 1.71 bits per heavy atom. The van der Waals surface area contributed by atoms with Crippen molar-refractivity contribution in [2.75, 3.05) is 0 Å². The molecule has 21 heavy (non-hydrogen) atoms. The van der Waals surface area contributed by atoms with Crippen LogP contribution in [0.2, 0.25) is 0 Å². The van der Waals surface area contributed by atoms with Crippen LogP contribution in [0.5, 0.6) is 0 Å². The van der Waals surface area contributed by atoms with Crippen LogP contribution in [0.15, 0.2) is 28.7 Å². The van der Waals surface area contributed by atoms with Crippen LogP contribution in [0, 0.1) is 30.6 Å². The lowest BCUT2D eigenvalue weighted by Crippen LogP contribution is -2.55. The van der Waals surface area contributed by atoms with Crippen molar-refractivity contribution in [1.29, 1.82) is 0 Å². The highest BCUT2D eigenvalue weighted by Crippen LogP contribution is 2.62. The average Bonchev–Trinajstić information content (AvgIpc) is 2.90. The summed E-state index contributed by atoms with van der Waals surface area (Å²) in [4.78, 5) is 0. The fourth-order valence-corrected chi connectivity index (χ4v) is 5.71. The minimum atomic E-state index is -0.709. The first-order valence-electron chi connectivity index (χ1n) is 8.36. The van der Waals surface area contributed by atoms with Crippen molar-refractivity contribution in [1.82, 2.24) is 0 Å². The summed E-state index contributed by atoms with van der Waals surface area (Å²) in [5.41, 5.74) is 1.40. The predicted molar refractivity (Wildman–Crippen MR) is 81.9 cm³/mol. The van der Waals surface area contributed by atoms with E-state index in [-0.39, 0.29) is 0 Å². The van der Waals surface area contributed by atoms with Gasteiger partial charge in [-0.15, -0.1) is 0 Å². The first kappa shape index (κ1) is 12.3. The van der Waals surface area contributed by atoms with Gasteiger partial charge < -0.3 is 9.52 Å². The maximum atomic E-state index is 11.6. The van der Waals surface area contributed by atoms with E-state index in [1.54, 1.807) is 0 Å². The maximum absolute atomic E-state index is 11.6. The molecular weight excluding hydrogens is 260 g/mol. The molecule has 4 fully saturated rings. The van der Waals surface area contributed by atoms with Gasteiger partial charge in [-0.3, -0.25) is 0 Å². The molecule has 0 atom stereocenters. The van der Waals surface area contributed by atoms with Gasteiger partial charge in [0, 0.05) is 5.39 Å². The first-order valence-corrected chi connectivity index (χ1v) is 8.36. The molecule has 0 spiro atoms. The fourth-order valence-electron chi connectivity index (χ4n) is 5.71. The van der Waals surface area contributed by atoms with Crippen LogP contribution >= 0.6 is 0 Å². The van der Waals surface area contributed by atoms with E-state index in [0.717, 1.165) is 34.1 Å². The van der Waals surface area contributed by atoms with Crippen LogP contribution in [0.4, 0.5) is 0 Å². The summed E-state index contributed by atoms with van der Waals surface area (Å²) in [6, 6.07) is 8.34. The third-order valence-corrected chi connectivity index (χ3v) is 6.52. The van der Waals surface area contributed by atoms with E-state index in [1.165, 1.54) is 32.1 Å². The van der Waals surface area contributed by atoms with Crippen LogP contribution in [0.25, 0.3) is 11.0 Å². The second-order valence-electron chi connectivity index (χ2n) is 7.73. The Bertz CT molecular complexity index is 683. The molecule has 1 heterocycles. The second kappa shape index (κ2) is 3.92. The standard InChI is InChI=1S/C19H22O2/c1-11-3-2-4-14-10-17(21-18(11)14)19(20)15-6-12-5-13(8-15)9-16(19)7-12/h2-4,10,12-13,15-16,20H,5-9H2,1H3. The zero-order valence-corrected chi connectivity index (χ0v) is 12.5. The van der Waals surface area contributed by atoms with E-state index < -0.39 is 5.60 Å². The molecule has 2 heteroatoms. The number of hydrogen-bond acceptors (Lipinski definition) is 2. The minimum absolute atomic E-state index is 0.412. The van der Waals surface area contributed by atoms with E-state index in [9.17, 15) is 5.11 Å². The summed E-state index contributed by atoms with van der Waals surface area (Å²) in [5.74, 6) is 3.38. The van der Waals surface area contributed by atoms with E-state index in [4.69, 9.17) is 4.42 Å². The van der Waals surface area contributed by atoms with Crippen LogP contribution in [-0.2, 0) is 5.60 Å². The van der Waals surface area contributed by atoms with E-state index in [0.29, 0.717) is 11.8 Å². The van der Waals surface area contributed by atoms with Crippen molar-refractivity contribution >= 4 is 11.0 Å². The Balaban J connectivity index is 1.66. The molecule has 4 aliphatic rings. The molecule has 110 valence electrons. The summed E-state index contributed by atoms with van der Waals surface area (Å²) >= 11 is 0. The molecule has 0 amide bonds. The molecular formula is C19H22O2. The molecule has 4 aliphatic carbocycles. The highest BCUT2D eigenvalue weighted by Gasteiger charge is 2.58. The fraction of sp³-hybridized carbons (Fsp3) is 0.579. The monoisotopic (exact) mass is 282 g/mol. The van der Waals surface area contributed by atoms with Crippen molar-refractivity contribution in [2.45, 2.75) is 44.6 Å². The Kier molecular flexibility index (Phi) is 2.29. The van der Waals surface area contributed by atoms with Gasteiger partial charge in [0.15, 0.2) is 0 Å². The summed E-state index contributed by atoms with van der Waals surface area (Å²) in [7, 11) is 0. The Morgan fingerprint density at radius 1 is 1.05 bits per heavy atom. The first-order chi connectivity index (χ1) is 10.1. The molecule has 0 radical (unpaired) electrons. The number of furan rings is 1. The van der Waals surface area contributed by atoms with Crippen molar-refractivity contribution < 1.29 is 9.52 Å². The van der Waals surface area contributed by atoms with Crippen LogP contribution < -0.4 is 0 Å². The van der Waals surface area contributed by atoms with Crippen LogP contribution in [-0.4, -0.2) is 5.11 Å². The minimum Gasteiger partial charge on any atom is -0.458 e. The largest absolute Gasteiger partial charge is 0.458 e. The normalized spacial score (nSPS) is 41.0. The molecule has 6 rings (SSSR count). The van der Waals surface area contributed by atoms with Gasteiger partial charge in [-0.2, -0.15) is 0 Å². The van der Waals surface area contributed by atoms with E-state index in [1.807, 2.05) is 0 Å². The Hall–Kier alpha value is -1.28. The van der Waals surface area contributed by atoms with Gasteiger partial charge in [-0.25, -0.2) is 0 Å². The maximum Gasteiger partial charge on any atom is 0.137 e. The number of aliphatic hydroxyl groups is 1. The molecule has 0 saturated heterocycles. The van der Waals surface area contributed by atoms with E-state index >= 15 is 0 Å². The van der Waals surface area contributed by atoms with Gasteiger partial charge in [0.25, 0.3) is 0 Å². The summed E-state index contributed by atoms with van der Waals surface area (Å²) in [6.45, 7) is 2.08. The molecule has 0 aliphatic heterocycles. The lowest BCUT2D eigenvalue weighted by Gasteiger charge is -2.58. The number of aryl methyl sites for hydroxylation is 1. The number of rotatable bonds is 1. The topological polar surface area (TPSA) is 33.4 Å². The lowest BCUT2D eigenvalue weighted by atomic mass is 9.49.